The summed E-state index contributed by atoms with van der Waals surface area (Å²) in [4.78, 5) is 13.1. The average Bonchev–Trinajstić information content (AvgIpc) is 2.39. The molecular formula is C14H12BrNO2. The number of anilines is 2. The van der Waals surface area contributed by atoms with Gasteiger partial charge in [0.25, 0.3) is 0 Å². The van der Waals surface area contributed by atoms with Gasteiger partial charge in [-0.05, 0) is 30.3 Å². The van der Waals surface area contributed by atoms with Crippen molar-refractivity contribution in [3.05, 3.63) is 58.6 Å². The van der Waals surface area contributed by atoms with Crippen LogP contribution in [0.4, 0.5) is 11.4 Å². The van der Waals surface area contributed by atoms with E-state index in [-0.39, 0.29) is 5.56 Å². The van der Waals surface area contributed by atoms with Crippen LogP contribution in [-0.4, -0.2) is 18.1 Å². The van der Waals surface area contributed by atoms with Crippen molar-refractivity contribution in [2.75, 3.05) is 11.9 Å². The first-order valence-corrected chi connectivity index (χ1v) is 6.20. The SMILES string of the molecule is CN(c1ccccc1)c1ccc(Br)cc1C(=O)O. The van der Waals surface area contributed by atoms with Gasteiger partial charge < -0.3 is 10.0 Å². The largest absolute Gasteiger partial charge is 0.478 e. The highest BCUT2D eigenvalue weighted by Gasteiger charge is 2.14. The highest BCUT2D eigenvalue weighted by molar-refractivity contribution is 9.10. The second-order valence-corrected chi connectivity index (χ2v) is 4.78. The third-order valence-electron chi connectivity index (χ3n) is 2.69. The molecule has 0 aromatic heterocycles. The Labute approximate surface area is 114 Å². The number of hydrogen-bond donors (Lipinski definition) is 1. The molecule has 0 aliphatic heterocycles. The molecule has 0 fully saturated rings. The maximum atomic E-state index is 11.3. The number of benzene rings is 2. The highest BCUT2D eigenvalue weighted by Crippen LogP contribution is 2.29. The second-order valence-electron chi connectivity index (χ2n) is 3.86. The quantitative estimate of drug-likeness (QED) is 0.934. The van der Waals surface area contributed by atoms with Gasteiger partial charge in [0.05, 0.1) is 11.3 Å². The molecule has 2 rings (SSSR count). The minimum atomic E-state index is -0.936. The lowest BCUT2D eigenvalue weighted by Gasteiger charge is -2.21. The molecule has 1 N–H and O–H groups in total. The van der Waals surface area contributed by atoms with Gasteiger partial charge in [-0.3, -0.25) is 0 Å². The predicted molar refractivity (Wildman–Crippen MR) is 75.6 cm³/mol. The Bertz CT molecular complexity index is 569. The van der Waals surface area contributed by atoms with Crippen LogP contribution >= 0.6 is 15.9 Å². The molecule has 0 unspecified atom stereocenters. The van der Waals surface area contributed by atoms with Gasteiger partial charge in [0.1, 0.15) is 0 Å². The molecule has 0 aliphatic rings. The molecule has 0 spiro atoms. The summed E-state index contributed by atoms with van der Waals surface area (Å²) in [7, 11) is 1.85. The number of carboxylic acid groups (broad SMARTS) is 1. The highest BCUT2D eigenvalue weighted by atomic mass is 79.9. The average molecular weight is 306 g/mol. The van der Waals surface area contributed by atoms with Crippen LogP contribution in [0, 0.1) is 0 Å². The zero-order valence-electron chi connectivity index (χ0n) is 9.80. The van der Waals surface area contributed by atoms with Crippen molar-refractivity contribution in [1.29, 1.82) is 0 Å². The summed E-state index contributed by atoms with van der Waals surface area (Å²) in [6.45, 7) is 0. The molecule has 4 heteroatoms. The summed E-state index contributed by atoms with van der Waals surface area (Å²) < 4.78 is 0.755. The van der Waals surface area contributed by atoms with Crippen molar-refractivity contribution < 1.29 is 9.90 Å². The van der Waals surface area contributed by atoms with E-state index in [0.29, 0.717) is 5.69 Å². The van der Waals surface area contributed by atoms with E-state index < -0.39 is 5.97 Å². The normalized spacial score (nSPS) is 10.1. The lowest BCUT2D eigenvalue weighted by Crippen LogP contribution is -2.13. The lowest BCUT2D eigenvalue weighted by molar-refractivity contribution is 0.0697. The summed E-state index contributed by atoms with van der Waals surface area (Å²) in [5.41, 5.74) is 1.88. The third kappa shape index (κ3) is 2.54. The van der Waals surface area contributed by atoms with E-state index in [1.165, 1.54) is 0 Å². The first-order valence-electron chi connectivity index (χ1n) is 5.41. The molecule has 0 saturated heterocycles. The number of carbonyl (C=O) groups is 1. The topological polar surface area (TPSA) is 40.5 Å². The van der Waals surface area contributed by atoms with Gasteiger partial charge in [0, 0.05) is 17.2 Å². The van der Waals surface area contributed by atoms with E-state index in [2.05, 4.69) is 15.9 Å². The molecule has 0 radical (unpaired) electrons. The number of aromatic carboxylic acids is 1. The molecular weight excluding hydrogens is 294 g/mol. The number of carboxylic acids is 1. The molecule has 0 aliphatic carbocycles. The van der Waals surface area contributed by atoms with Crippen molar-refractivity contribution >= 4 is 33.3 Å². The van der Waals surface area contributed by atoms with Crippen LogP contribution in [0.5, 0.6) is 0 Å². The van der Waals surface area contributed by atoms with Gasteiger partial charge in [-0.25, -0.2) is 4.79 Å². The molecule has 18 heavy (non-hydrogen) atoms. The van der Waals surface area contributed by atoms with Gasteiger partial charge in [-0.2, -0.15) is 0 Å². The van der Waals surface area contributed by atoms with E-state index in [4.69, 9.17) is 0 Å². The van der Waals surface area contributed by atoms with Crippen LogP contribution in [0.2, 0.25) is 0 Å². The molecule has 0 bridgehead atoms. The number of halogens is 1. The predicted octanol–water partition coefficient (Wildman–Crippen LogP) is 3.92. The van der Waals surface area contributed by atoms with Gasteiger partial charge in [0.2, 0.25) is 0 Å². The Balaban J connectivity index is 2.48. The van der Waals surface area contributed by atoms with E-state index in [1.807, 2.05) is 48.3 Å². The number of nitrogens with zero attached hydrogens (tertiary/aromatic N) is 1. The molecule has 3 nitrogen and oxygen atoms in total. The maximum absolute atomic E-state index is 11.3. The third-order valence-corrected chi connectivity index (χ3v) is 3.19. The molecule has 0 atom stereocenters. The van der Waals surface area contributed by atoms with E-state index >= 15 is 0 Å². The zero-order valence-corrected chi connectivity index (χ0v) is 11.4. The summed E-state index contributed by atoms with van der Waals surface area (Å²) in [6.07, 6.45) is 0. The first kappa shape index (κ1) is 12.6. The second kappa shape index (κ2) is 5.23. The fourth-order valence-electron chi connectivity index (χ4n) is 1.76. The van der Waals surface area contributed by atoms with Gasteiger partial charge in [-0.1, -0.05) is 34.1 Å². The molecule has 2 aromatic carbocycles. The Hall–Kier alpha value is -1.81. The van der Waals surface area contributed by atoms with Gasteiger partial charge in [0.15, 0.2) is 0 Å². The fourth-order valence-corrected chi connectivity index (χ4v) is 2.12. The molecule has 0 amide bonds. The Morgan fingerprint density at radius 1 is 1.17 bits per heavy atom. The van der Waals surface area contributed by atoms with Crippen molar-refractivity contribution in [1.82, 2.24) is 0 Å². The zero-order chi connectivity index (χ0) is 13.1. The van der Waals surface area contributed by atoms with Crippen LogP contribution in [0.25, 0.3) is 0 Å². The van der Waals surface area contributed by atoms with Crippen molar-refractivity contribution in [3.63, 3.8) is 0 Å². The van der Waals surface area contributed by atoms with Crippen LogP contribution in [-0.2, 0) is 0 Å². The first-order chi connectivity index (χ1) is 8.59. The maximum Gasteiger partial charge on any atom is 0.337 e. The van der Waals surface area contributed by atoms with Crippen LogP contribution < -0.4 is 4.90 Å². The summed E-state index contributed by atoms with van der Waals surface area (Å²) in [6, 6.07) is 14.9. The van der Waals surface area contributed by atoms with E-state index in [1.54, 1.807) is 12.1 Å². The summed E-state index contributed by atoms with van der Waals surface area (Å²) in [5.74, 6) is -0.936. The van der Waals surface area contributed by atoms with Crippen LogP contribution in [0.1, 0.15) is 10.4 Å². The standard InChI is InChI=1S/C14H12BrNO2/c1-16(11-5-3-2-4-6-11)13-8-7-10(15)9-12(13)14(17)18/h2-9H,1H3,(H,17,18). The number of hydrogen-bond acceptors (Lipinski definition) is 2. The minimum Gasteiger partial charge on any atom is -0.478 e. The molecule has 0 saturated carbocycles. The summed E-state index contributed by atoms with van der Waals surface area (Å²) >= 11 is 3.29. The van der Waals surface area contributed by atoms with Crippen LogP contribution in [0.3, 0.4) is 0 Å². The number of para-hydroxylation sites is 1. The van der Waals surface area contributed by atoms with Crippen LogP contribution in [0.15, 0.2) is 53.0 Å². The van der Waals surface area contributed by atoms with E-state index in [9.17, 15) is 9.90 Å². The minimum absolute atomic E-state index is 0.274. The fraction of sp³-hybridized carbons (Fsp3) is 0.0714. The molecule has 92 valence electrons. The smallest absolute Gasteiger partial charge is 0.337 e. The lowest BCUT2D eigenvalue weighted by atomic mass is 10.1. The Kier molecular flexibility index (Phi) is 3.67. The van der Waals surface area contributed by atoms with Crippen molar-refractivity contribution in [2.45, 2.75) is 0 Å². The van der Waals surface area contributed by atoms with Gasteiger partial charge in [-0.15, -0.1) is 0 Å². The van der Waals surface area contributed by atoms with Crippen molar-refractivity contribution in [3.8, 4) is 0 Å². The Morgan fingerprint density at radius 2 is 1.83 bits per heavy atom. The molecule has 0 heterocycles. The Morgan fingerprint density at radius 3 is 2.44 bits per heavy atom. The van der Waals surface area contributed by atoms with Gasteiger partial charge >= 0.3 is 5.97 Å². The molecule has 2 aromatic rings. The van der Waals surface area contributed by atoms with E-state index in [0.717, 1.165) is 10.2 Å². The summed E-state index contributed by atoms with van der Waals surface area (Å²) in [5, 5.41) is 9.24. The number of rotatable bonds is 3. The monoisotopic (exact) mass is 305 g/mol. The van der Waals surface area contributed by atoms with Crippen molar-refractivity contribution in [2.24, 2.45) is 0 Å².